The van der Waals surface area contributed by atoms with Gasteiger partial charge in [0.1, 0.15) is 0 Å². The predicted octanol–water partition coefficient (Wildman–Crippen LogP) is 3.59. The first-order chi connectivity index (χ1) is 9.41. The van der Waals surface area contributed by atoms with E-state index in [1.807, 2.05) is 4.68 Å². The van der Waals surface area contributed by atoms with E-state index in [-0.39, 0.29) is 5.41 Å². The zero-order valence-electron chi connectivity index (χ0n) is 13.2. The SMILES string of the molecule is CCNCc1cn(-c2ccc(C(C)(C)C)cc2)nc1C. The maximum Gasteiger partial charge on any atom is 0.0645 e. The van der Waals surface area contributed by atoms with Crippen LogP contribution in [0.3, 0.4) is 0 Å². The Morgan fingerprint density at radius 1 is 1.15 bits per heavy atom. The van der Waals surface area contributed by atoms with Gasteiger partial charge >= 0.3 is 0 Å². The molecule has 2 rings (SSSR count). The number of nitrogens with zero attached hydrogens (tertiary/aromatic N) is 2. The van der Waals surface area contributed by atoms with E-state index in [1.54, 1.807) is 0 Å². The molecule has 1 aromatic carbocycles. The van der Waals surface area contributed by atoms with Crippen LogP contribution in [0.5, 0.6) is 0 Å². The molecule has 0 radical (unpaired) electrons. The lowest BCUT2D eigenvalue weighted by Gasteiger charge is -2.19. The molecule has 1 heterocycles. The largest absolute Gasteiger partial charge is 0.313 e. The second-order valence-corrected chi connectivity index (χ2v) is 6.26. The van der Waals surface area contributed by atoms with E-state index in [9.17, 15) is 0 Å². The molecule has 0 spiro atoms. The molecule has 0 saturated carbocycles. The van der Waals surface area contributed by atoms with Gasteiger partial charge in [0.05, 0.1) is 11.4 Å². The van der Waals surface area contributed by atoms with Gasteiger partial charge in [-0.15, -0.1) is 0 Å². The Kier molecular flexibility index (Phi) is 4.29. The highest BCUT2D eigenvalue weighted by Gasteiger charge is 2.13. The molecule has 0 aliphatic heterocycles. The van der Waals surface area contributed by atoms with Crippen molar-refractivity contribution in [2.24, 2.45) is 0 Å². The summed E-state index contributed by atoms with van der Waals surface area (Å²) in [4.78, 5) is 0. The summed E-state index contributed by atoms with van der Waals surface area (Å²) in [6.45, 7) is 12.7. The maximum absolute atomic E-state index is 4.60. The van der Waals surface area contributed by atoms with Gasteiger partial charge in [0.25, 0.3) is 0 Å². The van der Waals surface area contributed by atoms with Gasteiger partial charge in [0, 0.05) is 18.3 Å². The number of hydrogen-bond acceptors (Lipinski definition) is 2. The summed E-state index contributed by atoms with van der Waals surface area (Å²) in [5.74, 6) is 0. The number of aromatic nitrogens is 2. The fraction of sp³-hybridized carbons (Fsp3) is 0.471. The Hall–Kier alpha value is -1.61. The Morgan fingerprint density at radius 3 is 2.35 bits per heavy atom. The molecule has 108 valence electrons. The number of aryl methyl sites for hydroxylation is 1. The van der Waals surface area contributed by atoms with Gasteiger partial charge in [-0.25, -0.2) is 4.68 Å². The summed E-state index contributed by atoms with van der Waals surface area (Å²) >= 11 is 0. The summed E-state index contributed by atoms with van der Waals surface area (Å²) in [5, 5.41) is 7.95. The van der Waals surface area contributed by atoms with Crippen LogP contribution in [0.4, 0.5) is 0 Å². The van der Waals surface area contributed by atoms with Crippen molar-refractivity contribution >= 4 is 0 Å². The van der Waals surface area contributed by atoms with Gasteiger partial charge in [-0.3, -0.25) is 0 Å². The van der Waals surface area contributed by atoms with Gasteiger partial charge < -0.3 is 5.32 Å². The first-order valence-corrected chi connectivity index (χ1v) is 7.28. The van der Waals surface area contributed by atoms with Gasteiger partial charge in [-0.05, 0) is 36.6 Å². The third-order valence-electron chi connectivity index (χ3n) is 3.56. The lowest BCUT2D eigenvalue weighted by molar-refractivity contribution is 0.590. The summed E-state index contributed by atoms with van der Waals surface area (Å²) < 4.78 is 1.97. The van der Waals surface area contributed by atoms with Crippen LogP contribution in [-0.4, -0.2) is 16.3 Å². The number of hydrogen-bond donors (Lipinski definition) is 1. The first kappa shape index (κ1) is 14.8. The normalized spacial score (nSPS) is 11.8. The smallest absolute Gasteiger partial charge is 0.0645 e. The standard InChI is InChI=1S/C17H25N3/c1-6-18-11-14-12-20(19-13(14)2)16-9-7-15(8-10-16)17(3,4)5/h7-10,12,18H,6,11H2,1-5H3. The van der Waals surface area contributed by atoms with E-state index >= 15 is 0 Å². The fourth-order valence-corrected chi connectivity index (χ4v) is 2.18. The molecule has 0 saturated heterocycles. The summed E-state index contributed by atoms with van der Waals surface area (Å²) in [6, 6.07) is 8.67. The average molecular weight is 271 g/mol. The van der Waals surface area contributed by atoms with Crippen molar-refractivity contribution < 1.29 is 0 Å². The number of benzene rings is 1. The zero-order valence-corrected chi connectivity index (χ0v) is 13.2. The number of rotatable bonds is 4. The monoisotopic (exact) mass is 271 g/mol. The van der Waals surface area contributed by atoms with Crippen molar-refractivity contribution in [2.45, 2.75) is 46.6 Å². The molecule has 1 N–H and O–H groups in total. The minimum atomic E-state index is 0.189. The van der Waals surface area contributed by atoms with Crippen molar-refractivity contribution in [1.82, 2.24) is 15.1 Å². The van der Waals surface area contributed by atoms with Crippen LogP contribution in [0.1, 0.15) is 44.5 Å². The van der Waals surface area contributed by atoms with Gasteiger partial charge in [0.2, 0.25) is 0 Å². The number of nitrogens with one attached hydrogen (secondary N) is 1. The lowest BCUT2D eigenvalue weighted by Crippen LogP contribution is -2.11. The van der Waals surface area contributed by atoms with Crippen LogP contribution in [-0.2, 0) is 12.0 Å². The fourth-order valence-electron chi connectivity index (χ4n) is 2.18. The van der Waals surface area contributed by atoms with Crippen molar-refractivity contribution in [3.63, 3.8) is 0 Å². The van der Waals surface area contributed by atoms with Gasteiger partial charge in [0.15, 0.2) is 0 Å². The third kappa shape index (κ3) is 3.28. The second kappa shape index (κ2) is 5.80. The minimum absolute atomic E-state index is 0.189. The van der Waals surface area contributed by atoms with Crippen molar-refractivity contribution in [3.8, 4) is 5.69 Å². The maximum atomic E-state index is 4.60. The van der Waals surface area contributed by atoms with Crippen LogP contribution < -0.4 is 5.32 Å². The Morgan fingerprint density at radius 2 is 1.80 bits per heavy atom. The molecule has 0 aliphatic rings. The second-order valence-electron chi connectivity index (χ2n) is 6.26. The van der Waals surface area contributed by atoms with Gasteiger partial charge in [-0.1, -0.05) is 39.8 Å². The van der Waals surface area contributed by atoms with E-state index in [4.69, 9.17) is 0 Å². The summed E-state index contributed by atoms with van der Waals surface area (Å²) in [7, 11) is 0. The Bertz CT molecular complexity index is 559. The minimum Gasteiger partial charge on any atom is -0.313 e. The topological polar surface area (TPSA) is 29.9 Å². The molecule has 0 aliphatic carbocycles. The zero-order chi connectivity index (χ0) is 14.8. The summed E-state index contributed by atoms with van der Waals surface area (Å²) in [6.07, 6.45) is 2.12. The molecular weight excluding hydrogens is 246 g/mol. The van der Waals surface area contributed by atoms with E-state index in [1.165, 1.54) is 11.1 Å². The van der Waals surface area contributed by atoms with Gasteiger partial charge in [-0.2, -0.15) is 5.10 Å². The van der Waals surface area contributed by atoms with Crippen LogP contribution in [0.25, 0.3) is 5.69 Å². The highest BCUT2D eigenvalue weighted by atomic mass is 15.3. The quantitative estimate of drug-likeness (QED) is 0.921. The highest BCUT2D eigenvalue weighted by molar-refractivity contribution is 5.37. The van der Waals surface area contributed by atoms with Crippen LogP contribution in [0.2, 0.25) is 0 Å². The molecule has 2 aromatic rings. The molecule has 0 unspecified atom stereocenters. The molecule has 0 amide bonds. The Balaban J connectivity index is 2.24. The van der Waals surface area contributed by atoms with Crippen LogP contribution >= 0.6 is 0 Å². The van der Waals surface area contributed by atoms with Crippen molar-refractivity contribution in [3.05, 3.63) is 47.3 Å². The molecule has 0 atom stereocenters. The summed E-state index contributed by atoms with van der Waals surface area (Å²) in [5.41, 5.74) is 4.99. The van der Waals surface area contributed by atoms with E-state index in [0.717, 1.165) is 24.5 Å². The predicted molar refractivity (Wildman–Crippen MR) is 84.4 cm³/mol. The van der Waals surface area contributed by atoms with Crippen LogP contribution in [0, 0.1) is 6.92 Å². The molecule has 3 nitrogen and oxygen atoms in total. The molecule has 20 heavy (non-hydrogen) atoms. The highest BCUT2D eigenvalue weighted by Crippen LogP contribution is 2.23. The first-order valence-electron chi connectivity index (χ1n) is 7.28. The van der Waals surface area contributed by atoms with E-state index in [0.29, 0.717) is 0 Å². The lowest BCUT2D eigenvalue weighted by atomic mass is 9.87. The molecule has 0 bridgehead atoms. The molecular formula is C17H25N3. The third-order valence-corrected chi connectivity index (χ3v) is 3.56. The van der Waals surface area contributed by atoms with E-state index < -0.39 is 0 Å². The average Bonchev–Trinajstić information content (AvgIpc) is 2.77. The molecule has 1 aromatic heterocycles. The van der Waals surface area contributed by atoms with Crippen molar-refractivity contribution in [2.75, 3.05) is 6.54 Å². The Labute approximate surface area is 122 Å². The molecule has 0 fully saturated rings. The van der Waals surface area contributed by atoms with E-state index in [2.05, 4.69) is 75.5 Å². The molecule has 3 heteroatoms. The van der Waals surface area contributed by atoms with Crippen molar-refractivity contribution in [1.29, 1.82) is 0 Å². The van der Waals surface area contributed by atoms with Crippen LogP contribution in [0.15, 0.2) is 30.5 Å².